The smallest absolute Gasteiger partial charge is 0.257 e. The van der Waals surface area contributed by atoms with E-state index in [2.05, 4.69) is 5.32 Å². The molecule has 0 aromatic heterocycles. The van der Waals surface area contributed by atoms with Crippen LogP contribution in [0.2, 0.25) is 0 Å². The highest BCUT2D eigenvalue weighted by atomic mass is 19.2. The van der Waals surface area contributed by atoms with E-state index in [1.807, 2.05) is 0 Å². The van der Waals surface area contributed by atoms with Crippen molar-refractivity contribution in [3.8, 4) is 0 Å². The summed E-state index contributed by atoms with van der Waals surface area (Å²) >= 11 is 0. The molecule has 0 aliphatic rings. The van der Waals surface area contributed by atoms with Gasteiger partial charge in [-0.15, -0.1) is 0 Å². The Hall–Kier alpha value is -1.70. The summed E-state index contributed by atoms with van der Waals surface area (Å²) in [5.74, 6) is -12.3. The Balaban J connectivity index is 2.80. The zero-order chi connectivity index (χ0) is 16.2. The Morgan fingerprint density at radius 2 is 1.52 bits per heavy atom. The van der Waals surface area contributed by atoms with Gasteiger partial charge in [0.1, 0.15) is 5.56 Å². The minimum Gasteiger partial charge on any atom is -0.396 e. The van der Waals surface area contributed by atoms with E-state index in [4.69, 9.17) is 5.11 Å². The van der Waals surface area contributed by atoms with Crippen LogP contribution in [0.5, 0.6) is 0 Å². The van der Waals surface area contributed by atoms with Crippen LogP contribution in [0.25, 0.3) is 0 Å². The first-order chi connectivity index (χ1) is 9.81. The number of halogens is 5. The molecule has 21 heavy (non-hydrogen) atoms. The summed E-state index contributed by atoms with van der Waals surface area (Å²) in [6, 6.07) is 0. The summed E-state index contributed by atoms with van der Waals surface area (Å²) in [5.41, 5.74) is -1.50. The second-order valence-corrected chi connectivity index (χ2v) is 4.63. The molecule has 1 amide bonds. The van der Waals surface area contributed by atoms with Crippen LogP contribution in [0.4, 0.5) is 22.0 Å². The van der Waals surface area contributed by atoms with Crippen LogP contribution in [0.15, 0.2) is 0 Å². The van der Waals surface area contributed by atoms with E-state index < -0.39 is 40.6 Å². The van der Waals surface area contributed by atoms with Crippen molar-refractivity contribution >= 4 is 5.91 Å². The molecule has 2 N–H and O–H groups in total. The summed E-state index contributed by atoms with van der Waals surface area (Å²) in [4.78, 5) is 11.5. The van der Waals surface area contributed by atoms with E-state index in [1.54, 1.807) is 6.92 Å². The van der Waals surface area contributed by atoms with Crippen LogP contribution in [-0.4, -0.2) is 24.2 Å². The maximum absolute atomic E-state index is 13.3. The average molecular weight is 311 g/mol. The van der Waals surface area contributed by atoms with Crippen molar-refractivity contribution in [1.82, 2.24) is 5.32 Å². The number of benzene rings is 1. The third-order valence-corrected chi connectivity index (χ3v) is 2.91. The molecule has 1 aromatic carbocycles. The highest BCUT2D eigenvalue weighted by Gasteiger charge is 2.29. The lowest BCUT2D eigenvalue weighted by atomic mass is 10.1. The number of nitrogens with one attached hydrogen (secondary N) is 1. The van der Waals surface area contributed by atoms with Gasteiger partial charge in [-0.1, -0.05) is 6.92 Å². The van der Waals surface area contributed by atoms with Gasteiger partial charge in [-0.2, -0.15) is 0 Å². The summed E-state index contributed by atoms with van der Waals surface area (Å²) in [6.45, 7) is 1.69. The topological polar surface area (TPSA) is 49.3 Å². The summed E-state index contributed by atoms with van der Waals surface area (Å²) < 4.78 is 65.3. The van der Waals surface area contributed by atoms with Crippen LogP contribution < -0.4 is 5.32 Å². The quantitative estimate of drug-likeness (QED) is 0.367. The summed E-state index contributed by atoms with van der Waals surface area (Å²) in [6.07, 6.45) is 0.927. The molecule has 0 heterocycles. The van der Waals surface area contributed by atoms with E-state index in [9.17, 15) is 26.7 Å². The van der Waals surface area contributed by atoms with Gasteiger partial charge in [0.2, 0.25) is 5.82 Å². The molecule has 0 aliphatic heterocycles. The van der Waals surface area contributed by atoms with Crippen molar-refractivity contribution in [3.05, 3.63) is 34.6 Å². The fourth-order valence-electron chi connectivity index (χ4n) is 1.64. The maximum Gasteiger partial charge on any atom is 0.257 e. The van der Waals surface area contributed by atoms with Crippen molar-refractivity contribution in [1.29, 1.82) is 0 Å². The van der Waals surface area contributed by atoms with Gasteiger partial charge in [0.15, 0.2) is 23.3 Å². The van der Waals surface area contributed by atoms with E-state index in [0.717, 1.165) is 0 Å². The summed E-state index contributed by atoms with van der Waals surface area (Å²) in [7, 11) is 0. The normalized spacial score (nSPS) is 12.3. The number of carbonyl (C=O) groups is 1. The SMILES string of the molecule is CC(CO)CCCNC(=O)c1c(F)c(F)c(F)c(F)c1F. The van der Waals surface area contributed by atoms with Crippen LogP contribution in [-0.2, 0) is 0 Å². The van der Waals surface area contributed by atoms with E-state index in [0.29, 0.717) is 12.8 Å². The predicted molar refractivity (Wildman–Crippen MR) is 64.0 cm³/mol. The second-order valence-electron chi connectivity index (χ2n) is 4.63. The largest absolute Gasteiger partial charge is 0.396 e. The molecule has 0 aliphatic carbocycles. The molecule has 1 atom stereocenters. The fraction of sp³-hybridized carbons (Fsp3) is 0.462. The molecule has 0 bridgehead atoms. The van der Waals surface area contributed by atoms with Gasteiger partial charge in [0.05, 0.1) is 0 Å². The third kappa shape index (κ3) is 3.90. The molecule has 1 unspecified atom stereocenters. The number of rotatable bonds is 6. The molecule has 118 valence electrons. The van der Waals surface area contributed by atoms with Gasteiger partial charge in [-0.3, -0.25) is 4.79 Å². The molecule has 0 saturated carbocycles. The lowest BCUT2D eigenvalue weighted by molar-refractivity contribution is 0.0940. The molecular formula is C13H14F5NO2. The Morgan fingerprint density at radius 3 is 2.00 bits per heavy atom. The number of hydrogen-bond donors (Lipinski definition) is 2. The minimum absolute atomic E-state index is 0.0112. The summed E-state index contributed by atoms with van der Waals surface area (Å²) in [5, 5.41) is 10.9. The molecule has 0 spiro atoms. The van der Waals surface area contributed by atoms with Gasteiger partial charge in [-0.05, 0) is 18.8 Å². The Labute approximate surface area is 117 Å². The van der Waals surface area contributed by atoms with Gasteiger partial charge in [0.25, 0.3) is 5.91 Å². The maximum atomic E-state index is 13.3. The first kappa shape index (κ1) is 17.4. The van der Waals surface area contributed by atoms with Crippen LogP contribution in [0, 0.1) is 35.0 Å². The Bertz CT molecular complexity index is 507. The average Bonchev–Trinajstić information content (AvgIpc) is 2.47. The lowest BCUT2D eigenvalue weighted by Crippen LogP contribution is -2.28. The number of amides is 1. The number of hydrogen-bond acceptors (Lipinski definition) is 2. The van der Waals surface area contributed by atoms with E-state index >= 15 is 0 Å². The van der Waals surface area contributed by atoms with Gasteiger partial charge >= 0.3 is 0 Å². The lowest BCUT2D eigenvalue weighted by Gasteiger charge is -2.10. The molecule has 0 fully saturated rings. The van der Waals surface area contributed by atoms with E-state index in [1.165, 1.54) is 0 Å². The molecule has 0 saturated heterocycles. The van der Waals surface area contributed by atoms with Crippen molar-refractivity contribution in [2.24, 2.45) is 5.92 Å². The number of carbonyl (C=O) groups excluding carboxylic acids is 1. The van der Waals surface area contributed by atoms with Crippen LogP contribution >= 0.6 is 0 Å². The molecular weight excluding hydrogens is 297 g/mol. The standard InChI is InChI=1S/C13H14F5NO2/c1-6(5-20)3-2-4-19-13(21)7-8(14)10(16)12(18)11(17)9(7)15/h6,20H,2-5H2,1H3,(H,19,21). The van der Waals surface area contributed by atoms with Crippen molar-refractivity contribution in [2.45, 2.75) is 19.8 Å². The monoisotopic (exact) mass is 311 g/mol. The van der Waals surface area contributed by atoms with Crippen LogP contribution in [0.3, 0.4) is 0 Å². The van der Waals surface area contributed by atoms with Crippen molar-refractivity contribution < 1.29 is 31.9 Å². The first-order valence-electron chi connectivity index (χ1n) is 6.21. The van der Waals surface area contributed by atoms with Crippen LogP contribution in [0.1, 0.15) is 30.1 Å². The predicted octanol–water partition coefficient (Wildman–Crippen LogP) is 2.52. The van der Waals surface area contributed by atoms with E-state index in [-0.39, 0.29) is 19.1 Å². The highest BCUT2D eigenvalue weighted by Crippen LogP contribution is 2.22. The van der Waals surface area contributed by atoms with Crippen molar-refractivity contribution in [3.63, 3.8) is 0 Å². The molecule has 8 heteroatoms. The Kier molecular flexibility index (Phi) is 6.07. The number of aliphatic hydroxyl groups is 1. The first-order valence-corrected chi connectivity index (χ1v) is 6.21. The number of aliphatic hydroxyl groups excluding tert-OH is 1. The van der Waals surface area contributed by atoms with Gasteiger partial charge in [0, 0.05) is 13.2 Å². The highest BCUT2D eigenvalue weighted by molar-refractivity contribution is 5.94. The molecule has 0 radical (unpaired) electrons. The molecule has 3 nitrogen and oxygen atoms in total. The van der Waals surface area contributed by atoms with Gasteiger partial charge < -0.3 is 10.4 Å². The molecule has 1 rings (SSSR count). The Morgan fingerprint density at radius 1 is 1.05 bits per heavy atom. The zero-order valence-corrected chi connectivity index (χ0v) is 11.2. The van der Waals surface area contributed by atoms with Crippen molar-refractivity contribution in [2.75, 3.05) is 13.2 Å². The molecule has 1 aromatic rings. The second kappa shape index (κ2) is 7.35. The fourth-order valence-corrected chi connectivity index (χ4v) is 1.64. The minimum atomic E-state index is -2.31. The van der Waals surface area contributed by atoms with Gasteiger partial charge in [-0.25, -0.2) is 22.0 Å². The zero-order valence-electron chi connectivity index (χ0n) is 11.2. The third-order valence-electron chi connectivity index (χ3n) is 2.91.